The molecule has 1 rings (SSSR count). The minimum absolute atomic E-state index is 0.0460. The zero-order valence-electron chi connectivity index (χ0n) is 6.84. The van der Waals surface area contributed by atoms with E-state index < -0.39 is 23.2 Å². The Labute approximate surface area is 73.6 Å². The predicted molar refractivity (Wildman–Crippen MR) is 43.1 cm³/mol. The first-order chi connectivity index (χ1) is 6.06. The Hall–Kier alpha value is -1.78. The molecule has 0 atom stereocenters. The van der Waals surface area contributed by atoms with Crippen molar-refractivity contribution in [1.29, 1.82) is 0 Å². The number of hydrogen-bond acceptors (Lipinski definition) is 3. The molecular weight excluding hydrogens is 177 g/mol. The lowest BCUT2D eigenvalue weighted by Crippen LogP contribution is -2.17. The van der Waals surface area contributed by atoms with Crippen LogP contribution in [0, 0.1) is 5.82 Å². The molecule has 1 aromatic rings. The van der Waals surface area contributed by atoms with E-state index in [2.05, 4.69) is 5.32 Å². The first-order valence-electron chi connectivity index (χ1n) is 3.50. The minimum Gasteiger partial charge on any atom is -0.504 e. The summed E-state index contributed by atoms with van der Waals surface area (Å²) >= 11 is 0. The Bertz CT molecular complexity index is 328. The molecule has 3 N–H and O–H groups in total. The van der Waals surface area contributed by atoms with E-state index in [0.29, 0.717) is 0 Å². The van der Waals surface area contributed by atoms with Crippen molar-refractivity contribution in [1.82, 2.24) is 5.32 Å². The third-order valence-electron chi connectivity index (χ3n) is 1.53. The highest BCUT2D eigenvalue weighted by molar-refractivity contribution is 5.94. The molecule has 13 heavy (non-hydrogen) atoms. The molecule has 0 unspecified atom stereocenters. The summed E-state index contributed by atoms with van der Waals surface area (Å²) in [5.41, 5.74) is -0.0460. The van der Waals surface area contributed by atoms with Crippen LogP contribution in [0.3, 0.4) is 0 Å². The van der Waals surface area contributed by atoms with Gasteiger partial charge in [0.1, 0.15) is 0 Å². The van der Waals surface area contributed by atoms with Gasteiger partial charge in [0.2, 0.25) is 0 Å². The van der Waals surface area contributed by atoms with Crippen molar-refractivity contribution in [3.63, 3.8) is 0 Å². The second kappa shape index (κ2) is 3.30. The van der Waals surface area contributed by atoms with Crippen LogP contribution in [0.2, 0.25) is 0 Å². The zero-order valence-corrected chi connectivity index (χ0v) is 6.84. The number of phenols is 2. The molecule has 0 aromatic heterocycles. The number of rotatable bonds is 1. The van der Waals surface area contributed by atoms with Gasteiger partial charge in [-0.05, 0) is 12.1 Å². The summed E-state index contributed by atoms with van der Waals surface area (Å²) in [4.78, 5) is 11.0. The molecule has 0 spiro atoms. The molecule has 0 saturated carbocycles. The molecule has 0 heterocycles. The fraction of sp³-hybridized carbons (Fsp3) is 0.125. The maximum absolute atomic E-state index is 12.7. The van der Waals surface area contributed by atoms with Crippen LogP contribution in [0.1, 0.15) is 10.4 Å². The monoisotopic (exact) mass is 185 g/mol. The summed E-state index contributed by atoms with van der Waals surface area (Å²) in [5.74, 6) is -3.07. The van der Waals surface area contributed by atoms with Gasteiger partial charge in [0.15, 0.2) is 17.3 Å². The zero-order chi connectivity index (χ0) is 10.0. The van der Waals surface area contributed by atoms with Gasteiger partial charge in [-0.25, -0.2) is 4.39 Å². The highest BCUT2D eigenvalue weighted by atomic mass is 19.1. The average Bonchev–Trinajstić information content (AvgIpc) is 2.12. The second-order valence-corrected chi connectivity index (χ2v) is 2.40. The number of hydrogen-bond donors (Lipinski definition) is 3. The van der Waals surface area contributed by atoms with E-state index in [9.17, 15) is 9.18 Å². The molecule has 5 heteroatoms. The lowest BCUT2D eigenvalue weighted by atomic mass is 10.2. The molecular formula is C8H8FNO3. The first-order valence-corrected chi connectivity index (χ1v) is 3.50. The number of aromatic hydroxyl groups is 2. The van der Waals surface area contributed by atoms with E-state index in [1.54, 1.807) is 0 Å². The van der Waals surface area contributed by atoms with Crippen molar-refractivity contribution in [2.75, 3.05) is 7.05 Å². The van der Waals surface area contributed by atoms with E-state index >= 15 is 0 Å². The number of carbonyl (C=O) groups excluding carboxylic acids is 1. The van der Waals surface area contributed by atoms with Crippen LogP contribution in [-0.2, 0) is 0 Å². The van der Waals surface area contributed by atoms with E-state index in [1.165, 1.54) is 7.05 Å². The summed E-state index contributed by atoms with van der Waals surface area (Å²) in [5, 5.41) is 20.0. The quantitative estimate of drug-likeness (QED) is 0.561. The SMILES string of the molecule is CNC(=O)c1cc(O)c(O)c(F)c1. The van der Waals surface area contributed by atoms with E-state index in [-0.39, 0.29) is 5.56 Å². The van der Waals surface area contributed by atoms with Gasteiger partial charge in [0, 0.05) is 12.6 Å². The smallest absolute Gasteiger partial charge is 0.251 e. The Balaban J connectivity index is 3.20. The number of phenolic OH excluding ortho intramolecular Hbond substituents is 2. The maximum atomic E-state index is 12.7. The van der Waals surface area contributed by atoms with Crippen LogP contribution in [0.15, 0.2) is 12.1 Å². The molecule has 0 radical (unpaired) electrons. The third-order valence-corrected chi connectivity index (χ3v) is 1.53. The maximum Gasteiger partial charge on any atom is 0.251 e. The highest BCUT2D eigenvalue weighted by Crippen LogP contribution is 2.28. The second-order valence-electron chi connectivity index (χ2n) is 2.40. The largest absolute Gasteiger partial charge is 0.504 e. The molecule has 70 valence electrons. The standard InChI is InChI=1S/C8H8FNO3/c1-10-8(13)4-2-5(9)7(12)6(11)3-4/h2-3,11-12H,1H3,(H,10,13). The lowest BCUT2D eigenvalue weighted by molar-refractivity contribution is 0.0962. The van der Waals surface area contributed by atoms with Crippen LogP contribution < -0.4 is 5.32 Å². The Kier molecular flexibility index (Phi) is 2.36. The van der Waals surface area contributed by atoms with Crippen LogP contribution in [-0.4, -0.2) is 23.2 Å². The van der Waals surface area contributed by atoms with Crippen molar-refractivity contribution in [2.45, 2.75) is 0 Å². The average molecular weight is 185 g/mol. The van der Waals surface area contributed by atoms with Crippen LogP contribution >= 0.6 is 0 Å². The topological polar surface area (TPSA) is 69.6 Å². The molecule has 0 fully saturated rings. The first kappa shape index (κ1) is 9.31. The van der Waals surface area contributed by atoms with Crippen molar-refractivity contribution in [3.05, 3.63) is 23.5 Å². The summed E-state index contributed by atoms with van der Waals surface area (Å²) < 4.78 is 12.7. The number of halogens is 1. The molecule has 4 nitrogen and oxygen atoms in total. The molecule has 1 aromatic carbocycles. The fourth-order valence-electron chi connectivity index (χ4n) is 0.860. The van der Waals surface area contributed by atoms with Crippen molar-refractivity contribution >= 4 is 5.91 Å². The molecule has 1 amide bonds. The number of carbonyl (C=O) groups is 1. The van der Waals surface area contributed by atoms with E-state index in [1.807, 2.05) is 0 Å². The molecule has 0 aliphatic rings. The fourth-order valence-corrected chi connectivity index (χ4v) is 0.860. The Morgan fingerprint density at radius 1 is 1.46 bits per heavy atom. The van der Waals surface area contributed by atoms with Gasteiger partial charge >= 0.3 is 0 Å². The van der Waals surface area contributed by atoms with Crippen molar-refractivity contribution in [3.8, 4) is 11.5 Å². The van der Waals surface area contributed by atoms with E-state index in [4.69, 9.17) is 10.2 Å². The van der Waals surface area contributed by atoms with Gasteiger partial charge < -0.3 is 15.5 Å². The number of benzene rings is 1. The number of amides is 1. The van der Waals surface area contributed by atoms with Gasteiger partial charge in [-0.3, -0.25) is 4.79 Å². The van der Waals surface area contributed by atoms with Crippen LogP contribution in [0.4, 0.5) is 4.39 Å². The summed E-state index contributed by atoms with van der Waals surface area (Å²) in [7, 11) is 1.38. The Morgan fingerprint density at radius 2 is 2.08 bits per heavy atom. The van der Waals surface area contributed by atoms with Gasteiger partial charge in [-0.2, -0.15) is 0 Å². The highest BCUT2D eigenvalue weighted by Gasteiger charge is 2.12. The lowest BCUT2D eigenvalue weighted by Gasteiger charge is -2.03. The van der Waals surface area contributed by atoms with Crippen LogP contribution in [0.25, 0.3) is 0 Å². The molecule has 0 aliphatic heterocycles. The normalized spacial score (nSPS) is 9.69. The Morgan fingerprint density at radius 3 is 2.54 bits per heavy atom. The summed E-state index contributed by atoms with van der Waals surface area (Å²) in [6.07, 6.45) is 0. The van der Waals surface area contributed by atoms with Crippen molar-refractivity contribution < 1.29 is 19.4 Å². The van der Waals surface area contributed by atoms with Gasteiger partial charge in [0.25, 0.3) is 5.91 Å². The summed E-state index contributed by atoms with van der Waals surface area (Å²) in [6.45, 7) is 0. The van der Waals surface area contributed by atoms with E-state index in [0.717, 1.165) is 12.1 Å². The number of nitrogens with one attached hydrogen (secondary N) is 1. The third kappa shape index (κ3) is 1.69. The van der Waals surface area contributed by atoms with Crippen LogP contribution in [0.5, 0.6) is 11.5 Å². The molecule has 0 bridgehead atoms. The van der Waals surface area contributed by atoms with Gasteiger partial charge in [-0.1, -0.05) is 0 Å². The van der Waals surface area contributed by atoms with Gasteiger partial charge in [-0.15, -0.1) is 0 Å². The summed E-state index contributed by atoms with van der Waals surface area (Å²) in [6, 6.07) is 1.82. The predicted octanol–water partition coefficient (Wildman–Crippen LogP) is 0.596. The van der Waals surface area contributed by atoms with Gasteiger partial charge in [0.05, 0.1) is 0 Å². The molecule has 0 aliphatic carbocycles. The van der Waals surface area contributed by atoms with Crippen molar-refractivity contribution in [2.24, 2.45) is 0 Å². The minimum atomic E-state index is -1.03. The molecule has 0 saturated heterocycles.